The topological polar surface area (TPSA) is 97.5 Å². The van der Waals surface area contributed by atoms with Crippen molar-refractivity contribution in [1.82, 2.24) is 9.88 Å². The molecule has 1 aromatic heterocycles. The van der Waals surface area contributed by atoms with E-state index in [9.17, 15) is 24.1 Å². The van der Waals surface area contributed by atoms with E-state index in [1.165, 1.54) is 30.3 Å². The van der Waals surface area contributed by atoms with Crippen LogP contribution in [0.2, 0.25) is 0 Å². The van der Waals surface area contributed by atoms with Gasteiger partial charge < -0.3 is 4.57 Å². The van der Waals surface area contributed by atoms with Crippen LogP contribution in [0.5, 0.6) is 0 Å². The van der Waals surface area contributed by atoms with Crippen LogP contribution in [0.15, 0.2) is 54.1 Å². The molecule has 2 aromatic carbocycles. The van der Waals surface area contributed by atoms with Crippen LogP contribution >= 0.6 is 12.2 Å². The van der Waals surface area contributed by atoms with Gasteiger partial charge in [0.25, 0.3) is 17.5 Å². The number of rotatable bonds is 4. The lowest BCUT2D eigenvalue weighted by Gasteiger charge is -2.29. The minimum atomic E-state index is -0.755. The molecule has 1 saturated heterocycles. The molecule has 1 aliphatic rings. The number of hydrogen-bond acceptors (Lipinski definition) is 5. The summed E-state index contributed by atoms with van der Waals surface area (Å²) in [7, 11) is 0. The molecule has 0 radical (unpaired) electrons. The Kier molecular flexibility index (Phi) is 5.84. The number of anilines is 1. The molecule has 8 nitrogen and oxygen atoms in total. The van der Waals surface area contributed by atoms with Crippen LogP contribution in [0.25, 0.3) is 11.8 Å². The quantitative estimate of drug-likeness (QED) is 0.198. The number of nitrogens with zero attached hydrogens (tertiary/aromatic N) is 3. The van der Waals surface area contributed by atoms with Gasteiger partial charge in [-0.05, 0) is 68.9 Å². The summed E-state index contributed by atoms with van der Waals surface area (Å²) in [5, 5.41) is 13.6. The van der Waals surface area contributed by atoms with Crippen LogP contribution in [0, 0.1) is 36.7 Å². The van der Waals surface area contributed by atoms with Gasteiger partial charge in [-0.1, -0.05) is 18.2 Å². The van der Waals surface area contributed by atoms with Gasteiger partial charge in [0.1, 0.15) is 11.4 Å². The van der Waals surface area contributed by atoms with E-state index in [2.05, 4.69) is 5.32 Å². The van der Waals surface area contributed by atoms with E-state index in [1.54, 1.807) is 42.7 Å². The molecule has 2 heterocycles. The van der Waals surface area contributed by atoms with Crippen LogP contribution < -0.4 is 10.2 Å². The minimum Gasteiger partial charge on any atom is -0.318 e. The van der Waals surface area contributed by atoms with E-state index >= 15 is 0 Å². The predicted octanol–water partition coefficient (Wildman–Crippen LogP) is 4.28. The number of carbonyl (C=O) groups excluding carboxylic acids is 2. The van der Waals surface area contributed by atoms with E-state index in [0.29, 0.717) is 22.5 Å². The summed E-state index contributed by atoms with van der Waals surface area (Å²) in [5.41, 5.74) is 2.77. The van der Waals surface area contributed by atoms with Crippen molar-refractivity contribution in [3.63, 3.8) is 0 Å². The van der Waals surface area contributed by atoms with E-state index in [-0.39, 0.29) is 22.1 Å². The third-order valence-electron chi connectivity index (χ3n) is 5.61. The van der Waals surface area contributed by atoms with E-state index in [1.807, 2.05) is 6.92 Å². The first-order chi connectivity index (χ1) is 16.1. The normalized spacial score (nSPS) is 15.1. The summed E-state index contributed by atoms with van der Waals surface area (Å²) in [4.78, 5) is 37.7. The maximum atomic E-state index is 14.4. The third kappa shape index (κ3) is 3.88. The van der Waals surface area contributed by atoms with Crippen molar-refractivity contribution in [1.29, 1.82) is 0 Å². The summed E-state index contributed by atoms with van der Waals surface area (Å²) < 4.78 is 16.2. The maximum absolute atomic E-state index is 14.4. The number of thiocarbonyl (C=S) groups is 1. The van der Waals surface area contributed by atoms with Crippen molar-refractivity contribution < 1.29 is 18.9 Å². The molecule has 3 aromatic rings. The monoisotopic (exact) mass is 478 g/mol. The van der Waals surface area contributed by atoms with Gasteiger partial charge in [-0.25, -0.2) is 9.29 Å². The number of carbonyl (C=O) groups is 2. The number of nitrogens with one attached hydrogen (secondary N) is 1. The molecule has 0 atom stereocenters. The highest BCUT2D eigenvalue weighted by Gasteiger charge is 2.36. The molecule has 4 rings (SSSR count). The Hall–Kier alpha value is -4.18. The zero-order valence-electron chi connectivity index (χ0n) is 18.5. The Balaban J connectivity index is 1.79. The lowest BCUT2D eigenvalue weighted by atomic mass is 10.1. The number of para-hydroxylation sites is 1. The van der Waals surface area contributed by atoms with Gasteiger partial charge >= 0.3 is 0 Å². The Morgan fingerprint density at radius 3 is 2.47 bits per heavy atom. The van der Waals surface area contributed by atoms with Crippen molar-refractivity contribution in [3.05, 3.63) is 92.6 Å². The zero-order valence-corrected chi connectivity index (χ0v) is 19.3. The Morgan fingerprint density at radius 2 is 1.79 bits per heavy atom. The molecule has 2 amide bonds. The minimum absolute atomic E-state index is 0.0132. The SMILES string of the molecule is Cc1ccc(-n2c(C)cc(/C=C3\C(=O)NC(=S)N(c4ccccc4F)C3=O)c2C)cc1[N+](=O)[O-]. The number of nitro groups is 1. The van der Waals surface area contributed by atoms with Crippen molar-refractivity contribution in [2.45, 2.75) is 20.8 Å². The van der Waals surface area contributed by atoms with Crippen LogP contribution in [-0.2, 0) is 9.59 Å². The molecule has 0 spiro atoms. The number of hydrogen-bond donors (Lipinski definition) is 1. The molecule has 0 unspecified atom stereocenters. The molecule has 10 heteroatoms. The van der Waals surface area contributed by atoms with Crippen LogP contribution in [0.4, 0.5) is 15.8 Å². The standard InChI is InChI=1S/C24H19FN4O4S/c1-13-8-9-17(12-21(13)29(32)33)27-14(2)10-16(15(27)3)11-18-22(30)26-24(34)28(23(18)31)20-7-5-4-6-19(20)25/h4-12H,1-3H3,(H,26,30,34)/b18-11+. The first kappa shape index (κ1) is 23.0. The predicted molar refractivity (Wildman–Crippen MR) is 129 cm³/mol. The van der Waals surface area contributed by atoms with Gasteiger partial charge in [0.15, 0.2) is 5.11 Å². The molecule has 1 aliphatic heterocycles. The summed E-state index contributed by atoms with van der Waals surface area (Å²) >= 11 is 5.12. The van der Waals surface area contributed by atoms with Gasteiger partial charge in [0, 0.05) is 23.0 Å². The summed E-state index contributed by atoms with van der Waals surface area (Å²) in [6.07, 6.45) is 1.41. The smallest absolute Gasteiger partial charge is 0.274 e. The second-order valence-electron chi connectivity index (χ2n) is 7.80. The maximum Gasteiger partial charge on any atom is 0.274 e. The van der Waals surface area contributed by atoms with Crippen molar-refractivity contribution in [3.8, 4) is 5.69 Å². The van der Waals surface area contributed by atoms with E-state index in [4.69, 9.17) is 12.2 Å². The molecular weight excluding hydrogens is 459 g/mol. The van der Waals surface area contributed by atoms with Crippen LogP contribution in [-0.4, -0.2) is 26.4 Å². The average Bonchev–Trinajstić information content (AvgIpc) is 3.05. The summed E-state index contributed by atoms with van der Waals surface area (Å²) in [6, 6.07) is 12.3. The molecule has 0 saturated carbocycles. The zero-order chi connectivity index (χ0) is 24.7. The Labute approximate surface area is 199 Å². The third-order valence-corrected chi connectivity index (χ3v) is 5.90. The van der Waals surface area contributed by atoms with Crippen molar-refractivity contribution in [2.75, 3.05) is 4.90 Å². The molecule has 0 aliphatic carbocycles. The fourth-order valence-corrected chi connectivity index (χ4v) is 4.20. The van der Waals surface area contributed by atoms with E-state index < -0.39 is 22.6 Å². The molecule has 34 heavy (non-hydrogen) atoms. The number of aryl methyl sites for hydroxylation is 2. The average molecular weight is 479 g/mol. The number of benzene rings is 2. The largest absolute Gasteiger partial charge is 0.318 e. The second-order valence-corrected chi connectivity index (χ2v) is 8.19. The number of amides is 2. The molecule has 1 fully saturated rings. The van der Waals surface area contributed by atoms with Gasteiger partial charge in [0.05, 0.1) is 16.3 Å². The van der Waals surface area contributed by atoms with Gasteiger partial charge in [-0.3, -0.25) is 25.0 Å². The van der Waals surface area contributed by atoms with Gasteiger partial charge in [-0.15, -0.1) is 0 Å². The fraction of sp³-hybridized carbons (Fsp3) is 0.125. The van der Waals surface area contributed by atoms with Crippen molar-refractivity contribution >= 4 is 46.6 Å². The van der Waals surface area contributed by atoms with E-state index in [0.717, 1.165) is 10.6 Å². The summed E-state index contributed by atoms with van der Waals surface area (Å²) in [6.45, 7) is 5.24. The first-order valence-corrected chi connectivity index (χ1v) is 10.6. The number of aromatic nitrogens is 1. The highest BCUT2D eigenvalue weighted by atomic mass is 32.1. The molecular formula is C24H19FN4O4S. The summed E-state index contributed by atoms with van der Waals surface area (Å²) in [5.74, 6) is -2.11. The number of nitro benzene ring substituents is 1. The number of halogens is 1. The van der Waals surface area contributed by atoms with Gasteiger partial charge in [0.2, 0.25) is 0 Å². The van der Waals surface area contributed by atoms with Crippen LogP contribution in [0.1, 0.15) is 22.5 Å². The van der Waals surface area contributed by atoms with Gasteiger partial charge in [-0.2, -0.15) is 0 Å². The second kappa shape index (κ2) is 8.64. The Morgan fingerprint density at radius 1 is 1.09 bits per heavy atom. The highest BCUT2D eigenvalue weighted by molar-refractivity contribution is 7.80. The van der Waals surface area contributed by atoms with Crippen LogP contribution in [0.3, 0.4) is 0 Å². The molecule has 0 bridgehead atoms. The molecule has 172 valence electrons. The molecule has 1 N–H and O–H groups in total. The highest BCUT2D eigenvalue weighted by Crippen LogP contribution is 2.29. The van der Waals surface area contributed by atoms with Crippen molar-refractivity contribution in [2.24, 2.45) is 0 Å². The Bertz CT molecular complexity index is 1430. The lowest BCUT2D eigenvalue weighted by Crippen LogP contribution is -2.54. The first-order valence-electron chi connectivity index (χ1n) is 10.2. The fourth-order valence-electron chi connectivity index (χ4n) is 3.93. The lowest BCUT2D eigenvalue weighted by molar-refractivity contribution is -0.385.